The Morgan fingerprint density at radius 1 is 1.28 bits per heavy atom. The molecule has 0 bridgehead atoms. The molecule has 0 aromatic carbocycles. The van der Waals surface area contributed by atoms with Crippen LogP contribution in [0.3, 0.4) is 0 Å². The van der Waals surface area contributed by atoms with E-state index in [2.05, 4.69) is 35.9 Å². The first-order valence-electron chi connectivity index (χ1n) is 7.57. The molecule has 1 unspecified atom stereocenters. The van der Waals surface area contributed by atoms with Crippen molar-refractivity contribution in [2.45, 2.75) is 33.3 Å². The van der Waals surface area contributed by atoms with Crippen molar-refractivity contribution < 1.29 is 4.74 Å². The molecule has 1 heterocycles. The highest BCUT2D eigenvalue weighted by atomic mass is 16.5. The number of likely N-dealkylation sites (N-methyl/N-ethyl adjacent to an activating group) is 2. The number of rotatable bonds is 9. The minimum absolute atomic E-state index is 0.375. The molecule has 0 spiro atoms. The van der Waals surface area contributed by atoms with Crippen molar-refractivity contribution >= 4 is 0 Å². The molecule has 1 N–H and O–H groups in total. The smallest absolute Gasteiger partial charge is 0.0826 e. The van der Waals surface area contributed by atoms with Gasteiger partial charge in [-0.1, -0.05) is 20.8 Å². The van der Waals surface area contributed by atoms with E-state index in [1.54, 1.807) is 0 Å². The van der Waals surface area contributed by atoms with E-state index in [4.69, 9.17) is 4.74 Å². The molecule has 0 amide bonds. The van der Waals surface area contributed by atoms with E-state index >= 15 is 0 Å². The first-order chi connectivity index (χ1) is 8.80. The van der Waals surface area contributed by atoms with E-state index < -0.39 is 0 Å². The van der Waals surface area contributed by atoms with E-state index in [9.17, 15) is 0 Å². The Hall–Kier alpha value is -0.160. The summed E-state index contributed by atoms with van der Waals surface area (Å²) >= 11 is 0. The average molecular weight is 257 g/mol. The van der Waals surface area contributed by atoms with Gasteiger partial charge in [0.05, 0.1) is 12.7 Å². The molecule has 1 rings (SSSR count). The van der Waals surface area contributed by atoms with E-state index in [0.717, 1.165) is 52.4 Å². The fraction of sp³-hybridized carbons (Fsp3) is 1.00. The fourth-order valence-electron chi connectivity index (χ4n) is 2.44. The van der Waals surface area contributed by atoms with Crippen LogP contribution in [0.1, 0.15) is 27.2 Å². The van der Waals surface area contributed by atoms with Crippen LogP contribution in [0.2, 0.25) is 0 Å². The molecule has 108 valence electrons. The molecule has 0 saturated carbocycles. The second-order valence-electron chi connectivity index (χ2n) is 5.02. The Bertz CT molecular complexity index is 201. The summed E-state index contributed by atoms with van der Waals surface area (Å²) in [4.78, 5) is 4.96. The van der Waals surface area contributed by atoms with E-state index in [1.165, 1.54) is 13.0 Å². The van der Waals surface area contributed by atoms with Crippen molar-refractivity contribution in [2.24, 2.45) is 0 Å². The molecule has 4 heteroatoms. The van der Waals surface area contributed by atoms with Gasteiger partial charge >= 0.3 is 0 Å². The van der Waals surface area contributed by atoms with Crippen LogP contribution in [0.5, 0.6) is 0 Å². The topological polar surface area (TPSA) is 27.7 Å². The van der Waals surface area contributed by atoms with Crippen LogP contribution in [0.4, 0.5) is 0 Å². The molecule has 0 radical (unpaired) electrons. The second-order valence-corrected chi connectivity index (χ2v) is 5.02. The number of ether oxygens (including phenoxy) is 1. The van der Waals surface area contributed by atoms with Crippen molar-refractivity contribution in [2.75, 3.05) is 59.0 Å². The van der Waals surface area contributed by atoms with E-state index in [-0.39, 0.29) is 0 Å². The zero-order valence-corrected chi connectivity index (χ0v) is 12.5. The van der Waals surface area contributed by atoms with Crippen LogP contribution >= 0.6 is 0 Å². The molecular formula is C14H31N3O. The lowest BCUT2D eigenvalue weighted by atomic mass is 10.2. The summed E-state index contributed by atoms with van der Waals surface area (Å²) < 4.78 is 5.77. The van der Waals surface area contributed by atoms with E-state index in [1.807, 2.05) is 0 Å². The summed E-state index contributed by atoms with van der Waals surface area (Å²) in [6.45, 7) is 16.5. The molecule has 1 fully saturated rings. The molecule has 0 aromatic rings. The van der Waals surface area contributed by atoms with Crippen LogP contribution in [-0.2, 0) is 4.74 Å². The lowest BCUT2D eigenvalue weighted by Crippen LogP contribution is -2.47. The summed E-state index contributed by atoms with van der Waals surface area (Å²) in [7, 11) is 0. The zero-order valence-electron chi connectivity index (χ0n) is 12.5. The van der Waals surface area contributed by atoms with Crippen molar-refractivity contribution in [3.8, 4) is 0 Å². The molecule has 1 saturated heterocycles. The Labute approximate surface area is 113 Å². The fourth-order valence-corrected chi connectivity index (χ4v) is 2.44. The van der Waals surface area contributed by atoms with Crippen LogP contribution in [0.15, 0.2) is 0 Å². The molecule has 1 atom stereocenters. The summed E-state index contributed by atoms with van der Waals surface area (Å²) in [6, 6.07) is 0. The maximum atomic E-state index is 5.77. The van der Waals surface area contributed by atoms with Crippen molar-refractivity contribution in [3.05, 3.63) is 0 Å². The standard InChI is InChI=1S/C14H31N3O/c1-4-8-16(5-2)9-7-15-12-14-13-17(6-3)10-11-18-14/h14-15H,4-13H2,1-3H3. The summed E-state index contributed by atoms with van der Waals surface area (Å²) in [5, 5.41) is 3.53. The first-order valence-corrected chi connectivity index (χ1v) is 7.57. The highest BCUT2D eigenvalue weighted by Crippen LogP contribution is 2.03. The van der Waals surface area contributed by atoms with Gasteiger partial charge in [0.25, 0.3) is 0 Å². The maximum absolute atomic E-state index is 5.77. The normalized spacial score (nSPS) is 21.7. The summed E-state index contributed by atoms with van der Waals surface area (Å²) in [6.07, 6.45) is 1.62. The third-order valence-corrected chi connectivity index (χ3v) is 3.63. The highest BCUT2D eigenvalue weighted by molar-refractivity contribution is 4.72. The Balaban J connectivity index is 2.06. The van der Waals surface area contributed by atoms with Gasteiger partial charge in [-0.3, -0.25) is 4.90 Å². The minimum atomic E-state index is 0.375. The van der Waals surface area contributed by atoms with Gasteiger partial charge in [0, 0.05) is 32.7 Å². The third-order valence-electron chi connectivity index (χ3n) is 3.63. The van der Waals surface area contributed by atoms with Crippen LogP contribution < -0.4 is 5.32 Å². The third kappa shape index (κ3) is 6.14. The van der Waals surface area contributed by atoms with Crippen molar-refractivity contribution in [3.63, 3.8) is 0 Å². The SMILES string of the molecule is CCCN(CC)CCNCC1CN(CC)CCO1. The van der Waals surface area contributed by atoms with Crippen LogP contribution in [-0.4, -0.2) is 74.9 Å². The van der Waals surface area contributed by atoms with Gasteiger partial charge in [-0.2, -0.15) is 0 Å². The molecule has 0 aliphatic carbocycles. The predicted octanol–water partition coefficient (Wildman–Crippen LogP) is 1.03. The predicted molar refractivity (Wildman–Crippen MR) is 77.1 cm³/mol. The lowest BCUT2D eigenvalue weighted by molar-refractivity contribution is -0.0253. The molecule has 18 heavy (non-hydrogen) atoms. The lowest BCUT2D eigenvalue weighted by Gasteiger charge is -2.32. The Morgan fingerprint density at radius 2 is 2.11 bits per heavy atom. The summed E-state index contributed by atoms with van der Waals surface area (Å²) in [5.74, 6) is 0. The van der Waals surface area contributed by atoms with Gasteiger partial charge in [-0.15, -0.1) is 0 Å². The molecule has 1 aliphatic rings. The minimum Gasteiger partial charge on any atom is -0.374 e. The second kappa shape index (κ2) is 9.73. The highest BCUT2D eigenvalue weighted by Gasteiger charge is 2.18. The quantitative estimate of drug-likeness (QED) is 0.624. The monoisotopic (exact) mass is 257 g/mol. The zero-order chi connectivity index (χ0) is 13.2. The number of hydrogen-bond acceptors (Lipinski definition) is 4. The maximum Gasteiger partial charge on any atom is 0.0826 e. The average Bonchev–Trinajstić information content (AvgIpc) is 2.42. The number of morpholine rings is 1. The number of nitrogens with one attached hydrogen (secondary N) is 1. The Kier molecular flexibility index (Phi) is 8.59. The van der Waals surface area contributed by atoms with Crippen molar-refractivity contribution in [1.29, 1.82) is 0 Å². The first kappa shape index (κ1) is 15.9. The van der Waals surface area contributed by atoms with Gasteiger partial charge in [0.1, 0.15) is 0 Å². The van der Waals surface area contributed by atoms with Gasteiger partial charge in [0.15, 0.2) is 0 Å². The van der Waals surface area contributed by atoms with Crippen molar-refractivity contribution in [1.82, 2.24) is 15.1 Å². The van der Waals surface area contributed by atoms with E-state index in [0.29, 0.717) is 6.10 Å². The van der Waals surface area contributed by atoms with Crippen LogP contribution in [0, 0.1) is 0 Å². The molecule has 4 nitrogen and oxygen atoms in total. The number of hydrogen-bond donors (Lipinski definition) is 1. The van der Waals surface area contributed by atoms with Gasteiger partial charge in [0.2, 0.25) is 0 Å². The molecule has 0 aromatic heterocycles. The Morgan fingerprint density at radius 3 is 2.78 bits per heavy atom. The van der Waals surface area contributed by atoms with Gasteiger partial charge < -0.3 is 15.0 Å². The molecule has 1 aliphatic heterocycles. The summed E-state index contributed by atoms with van der Waals surface area (Å²) in [5.41, 5.74) is 0. The molecular weight excluding hydrogens is 226 g/mol. The van der Waals surface area contributed by atoms with Gasteiger partial charge in [-0.05, 0) is 26.1 Å². The number of nitrogens with zero attached hydrogens (tertiary/aromatic N) is 2. The largest absolute Gasteiger partial charge is 0.374 e. The van der Waals surface area contributed by atoms with Gasteiger partial charge in [-0.25, -0.2) is 0 Å². The van der Waals surface area contributed by atoms with Crippen LogP contribution in [0.25, 0.3) is 0 Å².